The smallest absolute Gasteiger partial charge is 0.175 e. The van der Waals surface area contributed by atoms with E-state index in [0.29, 0.717) is 36.7 Å². The molecule has 1 aromatic carbocycles. The molecule has 0 saturated carbocycles. The predicted octanol–water partition coefficient (Wildman–Crippen LogP) is 3.58. The van der Waals surface area contributed by atoms with Gasteiger partial charge in [-0.1, -0.05) is 6.92 Å². The zero-order chi connectivity index (χ0) is 14.8. The molecule has 5 heteroatoms. The molecule has 0 saturated heterocycles. The van der Waals surface area contributed by atoms with E-state index in [1.54, 1.807) is 19.1 Å². The monoisotopic (exact) mass is 339 g/mol. The Morgan fingerprint density at radius 3 is 2.80 bits per heavy atom. The van der Waals surface area contributed by atoms with Gasteiger partial charge in [0.25, 0.3) is 0 Å². The van der Waals surface area contributed by atoms with Crippen LogP contribution in [0.25, 0.3) is 0 Å². The second-order valence-electron chi connectivity index (χ2n) is 5.17. The largest absolute Gasteiger partial charge is 0.490 e. The van der Waals surface area contributed by atoms with Crippen molar-refractivity contribution in [3.63, 3.8) is 0 Å². The van der Waals surface area contributed by atoms with Crippen molar-refractivity contribution < 1.29 is 14.6 Å². The van der Waals surface area contributed by atoms with Crippen molar-refractivity contribution in [1.29, 1.82) is 5.26 Å². The second-order valence-corrected chi connectivity index (χ2v) is 6.02. The summed E-state index contributed by atoms with van der Waals surface area (Å²) in [5.41, 5.74) is -0.161. The number of ether oxygens (including phenoxy) is 2. The molecule has 108 valence electrons. The number of aliphatic hydroxyl groups excluding tert-OH is 1. The molecule has 4 nitrogen and oxygen atoms in total. The van der Waals surface area contributed by atoms with Gasteiger partial charge in [0.2, 0.25) is 0 Å². The van der Waals surface area contributed by atoms with Crippen LogP contribution in [-0.2, 0) is 0 Å². The van der Waals surface area contributed by atoms with Gasteiger partial charge in [0.15, 0.2) is 11.5 Å². The van der Waals surface area contributed by atoms with Crippen LogP contribution in [-0.4, -0.2) is 18.3 Å². The first-order valence-electron chi connectivity index (χ1n) is 6.70. The van der Waals surface area contributed by atoms with Crippen LogP contribution in [0.3, 0.4) is 0 Å². The predicted molar refractivity (Wildman–Crippen MR) is 78.7 cm³/mol. The van der Waals surface area contributed by atoms with Crippen molar-refractivity contribution in [3.05, 3.63) is 22.2 Å². The molecule has 20 heavy (non-hydrogen) atoms. The molecule has 1 heterocycles. The van der Waals surface area contributed by atoms with Gasteiger partial charge in [0.05, 0.1) is 35.3 Å². The van der Waals surface area contributed by atoms with E-state index in [4.69, 9.17) is 9.47 Å². The number of aliphatic hydroxyl groups is 1. The van der Waals surface area contributed by atoms with Gasteiger partial charge in [-0.25, -0.2) is 0 Å². The van der Waals surface area contributed by atoms with Gasteiger partial charge in [-0.15, -0.1) is 0 Å². The van der Waals surface area contributed by atoms with Crippen LogP contribution >= 0.6 is 15.9 Å². The van der Waals surface area contributed by atoms with Crippen LogP contribution in [0.5, 0.6) is 11.5 Å². The van der Waals surface area contributed by atoms with Crippen molar-refractivity contribution in [2.75, 3.05) is 13.2 Å². The Balaban J connectivity index is 2.42. The second kappa shape index (κ2) is 6.02. The van der Waals surface area contributed by atoms with E-state index in [1.807, 2.05) is 6.92 Å². The normalized spacial score (nSPS) is 18.6. The molecule has 1 aliphatic heterocycles. The van der Waals surface area contributed by atoms with Gasteiger partial charge < -0.3 is 14.6 Å². The summed E-state index contributed by atoms with van der Waals surface area (Å²) >= 11 is 3.45. The van der Waals surface area contributed by atoms with E-state index >= 15 is 0 Å². The Kier molecular flexibility index (Phi) is 4.56. The number of hydrogen-bond donors (Lipinski definition) is 1. The van der Waals surface area contributed by atoms with Crippen LogP contribution in [0.4, 0.5) is 0 Å². The Morgan fingerprint density at radius 1 is 1.45 bits per heavy atom. The number of rotatable bonds is 3. The third-order valence-electron chi connectivity index (χ3n) is 3.73. The van der Waals surface area contributed by atoms with Crippen molar-refractivity contribution in [2.45, 2.75) is 32.8 Å². The molecule has 0 aromatic heterocycles. The molecule has 0 spiro atoms. The molecule has 1 aromatic rings. The van der Waals surface area contributed by atoms with Crippen molar-refractivity contribution in [1.82, 2.24) is 0 Å². The average molecular weight is 340 g/mol. The highest BCUT2D eigenvalue weighted by atomic mass is 79.9. The number of benzene rings is 1. The van der Waals surface area contributed by atoms with Crippen LogP contribution in [0.2, 0.25) is 0 Å². The summed E-state index contributed by atoms with van der Waals surface area (Å²) in [6, 6.07) is 5.76. The van der Waals surface area contributed by atoms with Gasteiger partial charge in [-0.2, -0.15) is 5.26 Å². The maximum absolute atomic E-state index is 10.5. The average Bonchev–Trinajstić information content (AvgIpc) is 2.71. The highest BCUT2D eigenvalue weighted by molar-refractivity contribution is 9.10. The van der Waals surface area contributed by atoms with Crippen LogP contribution in [0, 0.1) is 16.7 Å². The standard InChI is InChI=1S/C15H18BrNO3/c1-3-15(2,9-17)14(18)10-7-11(16)13-12(8-10)19-5-4-6-20-13/h7-8,14,18H,3-6H2,1-2H3. The third-order valence-corrected chi connectivity index (χ3v) is 4.32. The minimum Gasteiger partial charge on any atom is -0.490 e. The molecular formula is C15H18BrNO3. The molecule has 2 atom stereocenters. The Bertz CT molecular complexity index is 541. The van der Waals surface area contributed by atoms with Crippen LogP contribution in [0.15, 0.2) is 16.6 Å². The topological polar surface area (TPSA) is 62.5 Å². The van der Waals surface area contributed by atoms with Gasteiger partial charge in [0, 0.05) is 6.42 Å². The van der Waals surface area contributed by atoms with Crippen molar-refractivity contribution in [3.8, 4) is 17.6 Å². The minimum absolute atomic E-state index is 0.566. The fourth-order valence-electron chi connectivity index (χ4n) is 2.11. The highest BCUT2D eigenvalue weighted by Crippen LogP contribution is 2.43. The van der Waals surface area contributed by atoms with E-state index in [1.165, 1.54) is 0 Å². The molecule has 0 radical (unpaired) electrons. The molecule has 1 N–H and O–H groups in total. The van der Waals surface area contributed by atoms with E-state index < -0.39 is 11.5 Å². The molecule has 0 bridgehead atoms. The lowest BCUT2D eigenvalue weighted by atomic mass is 9.80. The summed E-state index contributed by atoms with van der Waals surface area (Å²) in [5, 5.41) is 19.8. The van der Waals surface area contributed by atoms with Gasteiger partial charge in [-0.05, 0) is 47.0 Å². The van der Waals surface area contributed by atoms with Crippen LogP contribution < -0.4 is 9.47 Å². The van der Waals surface area contributed by atoms with E-state index in [9.17, 15) is 10.4 Å². The molecule has 0 aliphatic carbocycles. The SMILES string of the molecule is CCC(C)(C#N)C(O)c1cc(Br)c2c(c1)OCCCO2. The zero-order valence-electron chi connectivity index (χ0n) is 11.6. The summed E-state index contributed by atoms with van der Waals surface area (Å²) in [6.07, 6.45) is 0.520. The lowest BCUT2D eigenvalue weighted by Gasteiger charge is -2.27. The molecule has 0 fully saturated rings. The summed E-state index contributed by atoms with van der Waals surface area (Å²) in [5.74, 6) is 1.27. The maximum atomic E-state index is 10.5. The molecule has 2 rings (SSSR count). The summed E-state index contributed by atoms with van der Waals surface area (Å²) in [4.78, 5) is 0. The Morgan fingerprint density at radius 2 is 2.15 bits per heavy atom. The fourth-order valence-corrected chi connectivity index (χ4v) is 2.68. The zero-order valence-corrected chi connectivity index (χ0v) is 13.2. The molecular weight excluding hydrogens is 322 g/mol. The van der Waals surface area contributed by atoms with E-state index in [2.05, 4.69) is 22.0 Å². The summed E-state index contributed by atoms with van der Waals surface area (Å²) in [7, 11) is 0. The fraction of sp³-hybridized carbons (Fsp3) is 0.533. The molecule has 1 aliphatic rings. The van der Waals surface area contributed by atoms with Crippen molar-refractivity contribution >= 4 is 15.9 Å². The van der Waals surface area contributed by atoms with Crippen molar-refractivity contribution in [2.24, 2.45) is 5.41 Å². The highest BCUT2D eigenvalue weighted by Gasteiger charge is 2.33. The quantitative estimate of drug-likeness (QED) is 0.914. The first kappa shape index (κ1) is 15.1. The number of halogens is 1. The van der Waals surface area contributed by atoms with Gasteiger partial charge >= 0.3 is 0 Å². The number of nitrogens with zero attached hydrogens (tertiary/aromatic N) is 1. The Hall–Kier alpha value is -1.25. The summed E-state index contributed by atoms with van der Waals surface area (Å²) < 4.78 is 12.0. The van der Waals surface area contributed by atoms with Gasteiger partial charge in [0.1, 0.15) is 0 Å². The van der Waals surface area contributed by atoms with E-state index in [0.717, 1.165) is 10.9 Å². The van der Waals surface area contributed by atoms with Crippen LogP contribution in [0.1, 0.15) is 38.4 Å². The summed E-state index contributed by atoms with van der Waals surface area (Å²) in [6.45, 7) is 4.85. The maximum Gasteiger partial charge on any atom is 0.175 e. The lowest BCUT2D eigenvalue weighted by molar-refractivity contribution is 0.0719. The molecule has 0 amide bonds. The number of hydrogen-bond acceptors (Lipinski definition) is 4. The van der Waals surface area contributed by atoms with Gasteiger partial charge in [-0.3, -0.25) is 0 Å². The first-order valence-corrected chi connectivity index (χ1v) is 7.49. The Labute approximate surface area is 127 Å². The minimum atomic E-state index is -0.869. The number of nitriles is 1. The third kappa shape index (κ3) is 2.77. The number of fused-ring (bicyclic) bond motifs is 1. The lowest BCUT2D eigenvalue weighted by Crippen LogP contribution is -2.23. The molecule has 2 unspecified atom stereocenters. The first-order chi connectivity index (χ1) is 9.51. The van der Waals surface area contributed by atoms with E-state index in [-0.39, 0.29) is 0 Å².